The van der Waals surface area contributed by atoms with Gasteiger partial charge in [-0.3, -0.25) is 0 Å². The van der Waals surface area contributed by atoms with Gasteiger partial charge in [0.1, 0.15) is 0 Å². The second-order valence-electron chi connectivity index (χ2n) is 5.13. The molecule has 16 heavy (non-hydrogen) atoms. The first-order valence-electron chi connectivity index (χ1n) is 6.53. The average molecular weight is 237 g/mol. The van der Waals surface area contributed by atoms with E-state index in [9.17, 15) is 0 Å². The van der Waals surface area contributed by atoms with Gasteiger partial charge >= 0.3 is 0 Å². The summed E-state index contributed by atoms with van der Waals surface area (Å²) in [5.41, 5.74) is 1.64. The molecule has 0 aliphatic heterocycles. The van der Waals surface area contributed by atoms with Crippen molar-refractivity contribution in [3.8, 4) is 0 Å². The van der Waals surface area contributed by atoms with Crippen LogP contribution in [0, 0.1) is 5.92 Å². The lowest BCUT2D eigenvalue weighted by atomic mass is 9.78. The molecule has 1 aliphatic rings. The van der Waals surface area contributed by atoms with Crippen molar-refractivity contribution in [2.24, 2.45) is 5.92 Å². The minimum absolute atomic E-state index is 0.652. The van der Waals surface area contributed by atoms with Crippen LogP contribution in [0.5, 0.6) is 0 Å². The molecule has 2 unspecified atom stereocenters. The third kappa shape index (κ3) is 2.33. The van der Waals surface area contributed by atoms with E-state index in [-0.39, 0.29) is 0 Å². The second kappa shape index (κ2) is 5.33. The highest BCUT2D eigenvalue weighted by molar-refractivity contribution is 7.10. The predicted octanol–water partition coefficient (Wildman–Crippen LogP) is 3.80. The van der Waals surface area contributed by atoms with Crippen molar-refractivity contribution < 1.29 is 0 Å². The second-order valence-corrected chi connectivity index (χ2v) is 6.13. The number of hydrogen-bond acceptors (Lipinski definition) is 2. The highest BCUT2D eigenvalue weighted by Gasteiger charge is 2.29. The van der Waals surface area contributed by atoms with Gasteiger partial charge in [0.15, 0.2) is 0 Å². The van der Waals surface area contributed by atoms with Gasteiger partial charge in [-0.2, -0.15) is 0 Å². The fourth-order valence-electron chi connectivity index (χ4n) is 2.97. The quantitative estimate of drug-likeness (QED) is 0.840. The SMILES string of the molecule is CCNC(C(C)C)C1CCCc2sccc21. The van der Waals surface area contributed by atoms with Crippen molar-refractivity contribution in [1.29, 1.82) is 0 Å². The van der Waals surface area contributed by atoms with E-state index in [1.165, 1.54) is 19.3 Å². The lowest BCUT2D eigenvalue weighted by Crippen LogP contribution is -2.40. The Labute approximate surface area is 103 Å². The van der Waals surface area contributed by atoms with Crippen LogP contribution < -0.4 is 5.32 Å². The predicted molar refractivity (Wildman–Crippen MR) is 72.3 cm³/mol. The Hall–Kier alpha value is -0.340. The number of nitrogens with one attached hydrogen (secondary N) is 1. The Balaban J connectivity index is 2.21. The molecule has 0 radical (unpaired) electrons. The summed E-state index contributed by atoms with van der Waals surface area (Å²) in [6, 6.07) is 3.01. The van der Waals surface area contributed by atoms with Crippen LogP contribution in [0.3, 0.4) is 0 Å². The van der Waals surface area contributed by atoms with Gasteiger partial charge in [-0.15, -0.1) is 11.3 Å². The molecular weight excluding hydrogens is 214 g/mol. The molecule has 1 aromatic rings. The molecule has 1 heterocycles. The molecule has 1 nitrogen and oxygen atoms in total. The molecule has 0 fully saturated rings. The summed E-state index contributed by atoms with van der Waals surface area (Å²) >= 11 is 1.95. The molecule has 0 saturated carbocycles. The van der Waals surface area contributed by atoms with Crippen LogP contribution >= 0.6 is 11.3 Å². The molecule has 1 aliphatic carbocycles. The van der Waals surface area contributed by atoms with Crippen molar-refractivity contribution in [2.45, 2.75) is 52.0 Å². The maximum absolute atomic E-state index is 3.69. The maximum atomic E-state index is 3.69. The van der Waals surface area contributed by atoms with Crippen LogP contribution in [0.2, 0.25) is 0 Å². The van der Waals surface area contributed by atoms with Crippen molar-refractivity contribution in [2.75, 3.05) is 6.54 Å². The first kappa shape index (κ1) is 12.1. The molecule has 0 amide bonds. The molecule has 1 aromatic heterocycles. The van der Waals surface area contributed by atoms with Crippen molar-refractivity contribution in [3.63, 3.8) is 0 Å². The van der Waals surface area contributed by atoms with Crippen LogP contribution in [0.25, 0.3) is 0 Å². The zero-order valence-corrected chi connectivity index (χ0v) is 11.4. The number of likely N-dealkylation sites (N-methyl/N-ethyl adjacent to an activating group) is 1. The highest BCUT2D eigenvalue weighted by Crippen LogP contribution is 2.38. The summed E-state index contributed by atoms with van der Waals surface area (Å²) in [4.78, 5) is 1.64. The molecule has 0 bridgehead atoms. The minimum Gasteiger partial charge on any atom is -0.313 e. The average Bonchev–Trinajstić information content (AvgIpc) is 2.73. The Bertz CT molecular complexity index is 329. The van der Waals surface area contributed by atoms with Crippen LogP contribution in [-0.2, 0) is 6.42 Å². The Morgan fingerprint density at radius 3 is 3.00 bits per heavy atom. The van der Waals surface area contributed by atoms with Gasteiger partial charge in [-0.1, -0.05) is 20.8 Å². The topological polar surface area (TPSA) is 12.0 Å². The smallest absolute Gasteiger partial charge is 0.0159 e. The van der Waals surface area contributed by atoms with Gasteiger partial charge in [0.25, 0.3) is 0 Å². The van der Waals surface area contributed by atoms with E-state index < -0.39 is 0 Å². The zero-order chi connectivity index (χ0) is 11.5. The highest BCUT2D eigenvalue weighted by atomic mass is 32.1. The number of thiophene rings is 1. The summed E-state index contributed by atoms with van der Waals surface area (Å²) < 4.78 is 0. The Morgan fingerprint density at radius 1 is 1.50 bits per heavy atom. The number of rotatable bonds is 4. The largest absolute Gasteiger partial charge is 0.313 e. The lowest BCUT2D eigenvalue weighted by molar-refractivity contribution is 0.323. The summed E-state index contributed by atoms with van der Waals surface area (Å²) in [7, 11) is 0. The third-order valence-electron chi connectivity index (χ3n) is 3.69. The van der Waals surface area contributed by atoms with E-state index in [1.807, 2.05) is 11.3 Å². The molecule has 2 heteroatoms. The maximum Gasteiger partial charge on any atom is 0.0159 e. The first-order valence-corrected chi connectivity index (χ1v) is 7.41. The summed E-state index contributed by atoms with van der Waals surface area (Å²) in [6.45, 7) is 7.98. The molecular formula is C14H23NS. The van der Waals surface area contributed by atoms with Gasteiger partial charge in [0, 0.05) is 16.8 Å². The Kier molecular flexibility index (Phi) is 4.04. The van der Waals surface area contributed by atoms with Gasteiger partial charge < -0.3 is 5.32 Å². The fourth-order valence-corrected chi connectivity index (χ4v) is 3.97. The monoisotopic (exact) mass is 237 g/mol. The third-order valence-corrected chi connectivity index (χ3v) is 4.69. The van der Waals surface area contributed by atoms with Gasteiger partial charge in [0.05, 0.1) is 0 Å². The van der Waals surface area contributed by atoms with Crippen LogP contribution in [-0.4, -0.2) is 12.6 Å². The van der Waals surface area contributed by atoms with Crippen LogP contribution in [0.4, 0.5) is 0 Å². The van der Waals surface area contributed by atoms with E-state index >= 15 is 0 Å². The number of fused-ring (bicyclic) bond motifs is 1. The van der Waals surface area contributed by atoms with E-state index in [0.717, 1.165) is 18.4 Å². The van der Waals surface area contributed by atoms with E-state index in [1.54, 1.807) is 10.4 Å². The molecule has 0 aromatic carbocycles. The molecule has 2 rings (SSSR count). The molecule has 90 valence electrons. The minimum atomic E-state index is 0.652. The molecule has 2 atom stereocenters. The van der Waals surface area contributed by atoms with E-state index in [0.29, 0.717) is 6.04 Å². The van der Waals surface area contributed by atoms with E-state index in [2.05, 4.69) is 37.5 Å². The summed E-state index contributed by atoms with van der Waals surface area (Å²) in [5, 5.41) is 5.96. The van der Waals surface area contributed by atoms with Crippen LogP contribution in [0.15, 0.2) is 11.4 Å². The van der Waals surface area contributed by atoms with Gasteiger partial charge in [0.2, 0.25) is 0 Å². The molecule has 0 spiro atoms. The fraction of sp³-hybridized carbons (Fsp3) is 0.714. The number of hydrogen-bond donors (Lipinski definition) is 1. The standard InChI is InChI=1S/C14H23NS/c1-4-15-14(10(2)3)12-6-5-7-13-11(12)8-9-16-13/h8-10,12,14-15H,4-7H2,1-3H3. The van der Waals surface area contributed by atoms with E-state index in [4.69, 9.17) is 0 Å². The van der Waals surface area contributed by atoms with Gasteiger partial charge in [-0.25, -0.2) is 0 Å². The van der Waals surface area contributed by atoms with Gasteiger partial charge in [-0.05, 0) is 48.7 Å². The van der Waals surface area contributed by atoms with Crippen molar-refractivity contribution in [3.05, 3.63) is 21.9 Å². The first-order chi connectivity index (χ1) is 7.74. The Morgan fingerprint density at radius 2 is 2.31 bits per heavy atom. The lowest BCUT2D eigenvalue weighted by Gasteiger charge is -2.34. The van der Waals surface area contributed by atoms with Crippen molar-refractivity contribution in [1.82, 2.24) is 5.32 Å². The molecule has 1 N–H and O–H groups in total. The number of aryl methyl sites for hydroxylation is 1. The molecule has 0 saturated heterocycles. The zero-order valence-electron chi connectivity index (χ0n) is 10.6. The normalized spacial score (nSPS) is 22.1. The van der Waals surface area contributed by atoms with Crippen LogP contribution in [0.1, 0.15) is 50.0 Å². The van der Waals surface area contributed by atoms with Crippen molar-refractivity contribution >= 4 is 11.3 Å². The summed E-state index contributed by atoms with van der Waals surface area (Å²) in [6.07, 6.45) is 4.03. The summed E-state index contributed by atoms with van der Waals surface area (Å²) in [5.74, 6) is 1.46.